The first kappa shape index (κ1) is 17.6. The Kier molecular flexibility index (Phi) is 3.78. The van der Waals surface area contributed by atoms with Gasteiger partial charge in [0.15, 0.2) is 0 Å². The van der Waals surface area contributed by atoms with E-state index in [0.29, 0.717) is 12.6 Å². The molecule has 0 aromatic carbocycles. The highest BCUT2D eigenvalue weighted by molar-refractivity contribution is 5.93. The molecule has 0 radical (unpaired) electrons. The maximum Gasteiger partial charge on any atom is 0.230 e. The van der Waals surface area contributed by atoms with Crippen LogP contribution in [0.1, 0.15) is 20.8 Å². The van der Waals surface area contributed by atoms with Gasteiger partial charge in [-0.25, -0.2) is 0 Å². The molecule has 4 fully saturated rings. The minimum atomic E-state index is -0.607. The summed E-state index contributed by atoms with van der Waals surface area (Å²) in [6.45, 7) is 11.6. The van der Waals surface area contributed by atoms with Crippen molar-refractivity contribution in [3.63, 3.8) is 0 Å². The van der Waals surface area contributed by atoms with Crippen LogP contribution in [0.4, 0.5) is 0 Å². The van der Waals surface area contributed by atoms with Gasteiger partial charge in [-0.2, -0.15) is 0 Å². The molecule has 0 aliphatic carbocycles. The maximum atomic E-state index is 13.3. The van der Waals surface area contributed by atoms with E-state index in [2.05, 4.69) is 4.90 Å². The number of rotatable bonds is 2. The molecular weight excluding hydrogens is 346 g/mol. The predicted octanol–water partition coefficient (Wildman–Crippen LogP) is 0.110. The third kappa shape index (κ3) is 2.51. The zero-order chi connectivity index (χ0) is 19.0. The van der Waals surface area contributed by atoms with Crippen LogP contribution in [0.15, 0.2) is 12.2 Å². The largest absolute Gasteiger partial charge is 0.379 e. The van der Waals surface area contributed by atoms with Crippen molar-refractivity contribution in [2.45, 2.75) is 44.1 Å². The fourth-order valence-corrected chi connectivity index (χ4v) is 5.37. The van der Waals surface area contributed by atoms with Gasteiger partial charge >= 0.3 is 0 Å². The quantitative estimate of drug-likeness (QED) is 0.641. The summed E-state index contributed by atoms with van der Waals surface area (Å²) >= 11 is 0. The van der Waals surface area contributed by atoms with Crippen molar-refractivity contribution in [2.24, 2.45) is 11.8 Å². The Labute approximate surface area is 160 Å². The summed E-state index contributed by atoms with van der Waals surface area (Å²) in [6.07, 6.45) is 3.77. The van der Waals surface area contributed by atoms with Crippen LogP contribution in [0.25, 0.3) is 0 Å². The number of hydrogen-bond acceptors (Lipinski definition) is 5. The lowest BCUT2D eigenvalue weighted by Crippen LogP contribution is -2.64. The Balaban J connectivity index is 1.31. The Bertz CT molecular complexity index is 690. The smallest absolute Gasteiger partial charge is 0.230 e. The van der Waals surface area contributed by atoms with E-state index in [1.54, 1.807) is 0 Å². The van der Waals surface area contributed by atoms with Crippen LogP contribution in [0.3, 0.4) is 0 Å². The van der Waals surface area contributed by atoms with Crippen molar-refractivity contribution < 1.29 is 19.1 Å². The first-order chi connectivity index (χ1) is 12.8. The molecule has 7 heteroatoms. The minimum Gasteiger partial charge on any atom is -0.379 e. The Morgan fingerprint density at radius 1 is 1.22 bits per heavy atom. The molecule has 5 heterocycles. The van der Waals surface area contributed by atoms with Crippen LogP contribution >= 0.6 is 0 Å². The van der Waals surface area contributed by atoms with E-state index in [0.717, 1.165) is 39.4 Å². The van der Waals surface area contributed by atoms with Crippen LogP contribution in [0.5, 0.6) is 0 Å². The van der Waals surface area contributed by atoms with E-state index in [9.17, 15) is 9.59 Å². The van der Waals surface area contributed by atoms with Crippen molar-refractivity contribution in [3.8, 4) is 0 Å². The third-order valence-electron chi connectivity index (χ3n) is 6.93. The van der Waals surface area contributed by atoms with E-state index in [4.69, 9.17) is 9.47 Å². The molecule has 5 aliphatic rings. The first-order valence-corrected chi connectivity index (χ1v) is 10.1. The van der Waals surface area contributed by atoms with Gasteiger partial charge in [0.05, 0.1) is 37.7 Å². The van der Waals surface area contributed by atoms with Gasteiger partial charge in [-0.05, 0) is 20.8 Å². The van der Waals surface area contributed by atoms with Crippen molar-refractivity contribution in [3.05, 3.63) is 12.2 Å². The van der Waals surface area contributed by atoms with Gasteiger partial charge in [0.25, 0.3) is 0 Å². The second kappa shape index (κ2) is 5.78. The predicted molar refractivity (Wildman–Crippen MR) is 98.0 cm³/mol. The molecular formula is C20H29N3O4. The molecule has 148 valence electrons. The number of morpholine rings is 1. The van der Waals surface area contributed by atoms with Crippen LogP contribution in [-0.4, -0.2) is 95.7 Å². The summed E-state index contributed by atoms with van der Waals surface area (Å²) in [5, 5.41) is 0. The normalized spacial score (nSPS) is 39.2. The second-order valence-electron chi connectivity index (χ2n) is 9.54. The zero-order valence-electron chi connectivity index (χ0n) is 16.4. The second-order valence-corrected chi connectivity index (χ2v) is 9.54. The van der Waals surface area contributed by atoms with Crippen molar-refractivity contribution in [2.75, 3.05) is 45.9 Å². The lowest BCUT2D eigenvalue weighted by atomic mass is 9.76. The number of carbonyl (C=O) groups excluding carboxylic acids is 2. The highest BCUT2D eigenvalue weighted by Gasteiger charge is 2.68. The molecule has 2 amide bonds. The molecule has 0 aromatic heterocycles. The van der Waals surface area contributed by atoms with E-state index in [1.807, 2.05) is 42.7 Å². The summed E-state index contributed by atoms with van der Waals surface area (Å²) in [5.41, 5.74) is -0.874. The van der Waals surface area contributed by atoms with Crippen molar-refractivity contribution in [1.82, 2.24) is 14.7 Å². The molecule has 1 spiro atoms. The minimum absolute atomic E-state index is 0.0675. The Hall–Kier alpha value is -1.44. The average Bonchev–Trinajstić information content (AvgIpc) is 3.22. The van der Waals surface area contributed by atoms with E-state index < -0.39 is 5.60 Å². The van der Waals surface area contributed by atoms with Gasteiger partial charge in [0.1, 0.15) is 5.60 Å². The highest BCUT2D eigenvalue weighted by Crippen LogP contribution is 2.53. The summed E-state index contributed by atoms with van der Waals surface area (Å²) in [4.78, 5) is 32.7. The number of carbonyl (C=O) groups is 2. The fraction of sp³-hybridized carbons (Fsp3) is 0.800. The third-order valence-corrected chi connectivity index (χ3v) is 6.93. The topological polar surface area (TPSA) is 62.3 Å². The monoisotopic (exact) mass is 375 g/mol. The number of ether oxygens (including phenoxy) is 2. The number of nitrogens with zero attached hydrogens (tertiary/aromatic N) is 3. The molecule has 5 aliphatic heterocycles. The number of amides is 2. The van der Waals surface area contributed by atoms with Gasteiger partial charge in [-0.15, -0.1) is 0 Å². The van der Waals surface area contributed by atoms with Gasteiger partial charge in [0, 0.05) is 37.8 Å². The summed E-state index contributed by atoms with van der Waals surface area (Å²) in [6, 6.07) is 0.423. The summed E-state index contributed by atoms with van der Waals surface area (Å²) in [7, 11) is 0. The standard InChI is InChI=1S/C20H29N3O4/c1-19(2,3)23-12-20-5-4-14(27-20)15(16(20)18(23)25)17(24)22-10-13(11-22)21-6-8-26-9-7-21/h4-5,13-16H,6-12H2,1-3H3/t14-,15-,16+,20-/m0/s1. The zero-order valence-corrected chi connectivity index (χ0v) is 16.4. The van der Waals surface area contributed by atoms with Gasteiger partial charge in [-0.3, -0.25) is 14.5 Å². The molecule has 7 nitrogen and oxygen atoms in total. The van der Waals surface area contributed by atoms with Gasteiger partial charge in [0.2, 0.25) is 11.8 Å². The number of hydrogen-bond donors (Lipinski definition) is 0. The Morgan fingerprint density at radius 3 is 2.59 bits per heavy atom. The van der Waals surface area contributed by atoms with Gasteiger partial charge in [-0.1, -0.05) is 12.2 Å². The van der Waals surface area contributed by atoms with Crippen molar-refractivity contribution in [1.29, 1.82) is 0 Å². The first-order valence-electron chi connectivity index (χ1n) is 10.1. The van der Waals surface area contributed by atoms with Crippen LogP contribution in [0, 0.1) is 11.8 Å². The van der Waals surface area contributed by atoms with Crippen LogP contribution in [-0.2, 0) is 19.1 Å². The van der Waals surface area contributed by atoms with Crippen LogP contribution < -0.4 is 0 Å². The maximum absolute atomic E-state index is 13.3. The molecule has 4 atom stereocenters. The molecule has 2 bridgehead atoms. The SMILES string of the molecule is CC(C)(C)N1C[C@]23C=C[C@H](O2)[C@H](C(=O)N2CC(N4CCOCC4)C2)[C@@H]3C1=O. The molecule has 0 N–H and O–H groups in total. The van der Waals surface area contributed by atoms with E-state index >= 15 is 0 Å². The number of likely N-dealkylation sites (tertiary alicyclic amines) is 2. The molecule has 27 heavy (non-hydrogen) atoms. The highest BCUT2D eigenvalue weighted by atomic mass is 16.5. The van der Waals surface area contributed by atoms with Gasteiger partial charge < -0.3 is 19.3 Å². The lowest BCUT2D eigenvalue weighted by Gasteiger charge is -2.47. The van der Waals surface area contributed by atoms with E-state index in [1.165, 1.54) is 0 Å². The van der Waals surface area contributed by atoms with Crippen molar-refractivity contribution >= 4 is 11.8 Å². The Morgan fingerprint density at radius 2 is 1.93 bits per heavy atom. The van der Waals surface area contributed by atoms with Crippen LogP contribution in [0.2, 0.25) is 0 Å². The molecule has 0 unspecified atom stereocenters. The molecule has 4 saturated heterocycles. The lowest BCUT2D eigenvalue weighted by molar-refractivity contribution is -0.151. The van der Waals surface area contributed by atoms with E-state index in [-0.39, 0.29) is 35.3 Å². The number of fused-ring (bicyclic) bond motifs is 1. The molecule has 5 rings (SSSR count). The molecule has 0 saturated carbocycles. The summed E-state index contributed by atoms with van der Waals surface area (Å²) in [5.74, 6) is -0.593. The fourth-order valence-electron chi connectivity index (χ4n) is 5.37. The summed E-state index contributed by atoms with van der Waals surface area (Å²) < 4.78 is 11.6. The molecule has 0 aromatic rings. The average molecular weight is 375 g/mol.